The quantitative estimate of drug-likeness (QED) is 0.719. The number of ketones is 1. The average Bonchev–Trinajstić information content (AvgIpc) is 2.36. The zero-order valence-electron chi connectivity index (χ0n) is 9.46. The molecular weight excluding hydrogens is 198 g/mol. The Bertz CT molecular complexity index is 418. The lowest BCUT2D eigenvalue weighted by atomic mass is 9.73. The highest BCUT2D eigenvalue weighted by molar-refractivity contribution is 6.05. The first-order valence-corrected chi connectivity index (χ1v) is 6.20. The lowest BCUT2D eigenvalue weighted by Gasteiger charge is -2.40. The molecule has 3 rings (SSSR count). The molecule has 1 heterocycles. The topological polar surface area (TPSA) is 29.1 Å². The number of piperidine rings is 1. The molecule has 1 atom stereocenters. The molecule has 1 aromatic rings. The summed E-state index contributed by atoms with van der Waals surface area (Å²) < 4.78 is 0. The van der Waals surface area contributed by atoms with Crippen LogP contribution in [0.5, 0.6) is 0 Å². The van der Waals surface area contributed by atoms with Crippen LogP contribution in [0.2, 0.25) is 0 Å². The van der Waals surface area contributed by atoms with Crippen molar-refractivity contribution < 1.29 is 4.79 Å². The fourth-order valence-electron chi connectivity index (χ4n) is 3.05. The number of hydrogen-bond acceptors (Lipinski definition) is 2. The molecule has 2 nitrogen and oxygen atoms in total. The molecule has 16 heavy (non-hydrogen) atoms. The molecule has 0 unspecified atom stereocenters. The van der Waals surface area contributed by atoms with Gasteiger partial charge in [0.05, 0.1) is 5.54 Å². The van der Waals surface area contributed by atoms with Gasteiger partial charge in [-0.3, -0.25) is 4.79 Å². The Morgan fingerprint density at radius 3 is 2.81 bits per heavy atom. The van der Waals surface area contributed by atoms with Gasteiger partial charge in [-0.25, -0.2) is 0 Å². The first-order chi connectivity index (χ1) is 7.82. The summed E-state index contributed by atoms with van der Waals surface area (Å²) in [5.41, 5.74) is 1.95. The lowest BCUT2D eigenvalue weighted by molar-refractivity contribution is 0.0782. The van der Waals surface area contributed by atoms with Gasteiger partial charge in [-0.15, -0.1) is 0 Å². The van der Waals surface area contributed by atoms with E-state index in [1.54, 1.807) is 0 Å². The van der Waals surface area contributed by atoms with Gasteiger partial charge in [0.15, 0.2) is 5.78 Å². The van der Waals surface area contributed by atoms with Crippen molar-refractivity contribution in [3.8, 4) is 0 Å². The van der Waals surface area contributed by atoms with E-state index in [-0.39, 0.29) is 5.54 Å². The Morgan fingerprint density at radius 1 is 1.12 bits per heavy atom. The summed E-state index contributed by atoms with van der Waals surface area (Å²) in [7, 11) is 0. The molecule has 0 aromatic heterocycles. The number of rotatable bonds is 0. The number of benzene rings is 1. The molecule has 0 amide bonds. The Kier molecular flexibility index (Phi) is 2.32. The van der Waals surface area contributed by atoms with Crippen molar-refractivity contribution in [2.75, 3.05) is 6.54 Å². The van der Waals surface area contributed by atoms with E-state index in [9.17, 15) is 4.79 Å². The molecule has 0 bridgehead atoms. The molecule has 1 aliphatic heterocycles. The molecule has 1 fully saturated rings. The van der Waals surface area contributed by atoms with E-state index in [4.69, 9.17) is 0 Å². The van der Waals surface area contributed by atoms with E-state index in [1.807, 2.05) is 18.2 Å². The molecule has 2 heteroatoms. The number of fused-ring (bicyclic) bond motifs is 1. The van der Waals surface area contributed by atoms with E-state index >= 15 is 0 Å². The lowest BCUT2D eigenvalue weighted by Crippen LogP contribution is -2.56. The number of nitrogens with one attached hydrogen (secondary N) is 1. The van der Waals surface area contributed by atoms with Crippen LogP contribution in [-0.2, 0) is 6.42 Å². The summed E-state index contributed by atoms with van der Waals surface area (Å²) in [4.78, 5) is 12.5. The summed E-state index contributed by atoms with van der Waals surface area (Å²) in [5, 5.41) is 3.48. The Balaban J connectivity index is 2.00. The summed E-state index contributed by atoms with van der Waals surface area (Å²) in [6, 6.07) is 8.06. The molecule has 0 radical (unpaired) electrons. The monoisotopic (exact) mass is 215 g/mol. The van der Waals surface area contributed by atoms with Gasteiger partial charge in [-0.1, -0.05) is 24.3 Å². The third kappa shape index (κ3) is 1.40. The van der Waals surface area contributed by atoms with Crippen LogP contribution in [0.4, 0.5) is 0 Å². The SMILES string of the molecule is O=C1c2ccccc2CC[C@]12CCCCN2. The molecule has 2 aliphatic rings. The summed E-state index contributed by atoms with van der Waals surface area (Å²) in [6.45, 7) is 0.994. The molecule has 1 saturated heterocycles. The minimum absolute atomic E-state index is 0.230. The van der Waals surface area contributed by atoms with Gasteiger partial charge in [-0.05, 0) is 44.2 Å². The second-order valence-electron chi connectivity index (χ2n) is 4.95. The van der Waals surface area contributed by atoms with Crippen molar-refractivity contribution in [1.29, 1.82) is 0 Å². The summed E-state index contributed by atoms with van der Waals surface area (Å²) in [5.74, 6) is 0.328. The van der Waals surface area contributed by atoms with Crippen LogP contribution in [-0.4, -0.2) is 17.9 Å². The maximum Gasteiger partial charge on any atom is 0.183 e. The fraction of sp³-hybridized carbons (Fsp3) is 0.500. The predicted octanol–water partition coefficient (Wildman–Crippen LogP) is 2.33. The van der Waals surface area contributed by atoms with Crippen LogP contribution in [0, 0.1) is 0 Å². The Morgan fingerprint density at radius 2 is 2.00 bits per heavy atom. The third-order valence-electron chi connectivity index (χ3n) is 4.01. The van der Waals surface area contributed by atoms with Gasteiger partial charge in [0.25, 0.3) is 0 Å². The third-order valence-corrected chi connectivity index (χ3v) is 4.01. The average molecular weight is 215 g/mol. The van der Waals surface area contributed by atoms with Crippen LogP contribution < -0.4 is 5.32 Å². The van der Waals surface area contributed by atoms with Crippen LogP contribution in [0.25, 0.3) is 0 Å². The number of hydrogen-bond donors (Lipinski definition) is 1. The second-order valence-corrected chi connectivity index (χ2v) is 4.95. The first-order valence-electron chi connectivity index (χ1n) is 6.20. The predicted molar refractivity (Wildman–Crippen MR) is 63.7 cm³/mol. The molecule has 0 saturated carbocycles. The van der Waals surface area contributed by atoms with Crippen molar-refractivity contribution in [2.45, 2.75) is 37.6 Å². The minimum Gasteiger partial charge on any atom is -0.305 e. The standard InChI is InChI=1S/C14H17NO/c16-13-12-6-2-1-5-11(12)7-9-14(13)8-3-4-10-15-14/h1-2,5-6,15H,3-4,7-10H2/t14-/m1/s1. The van der Waals surface area contributed by atoms with Crippen molar-refractivity contribution in [3.63, 3.8) is 0 Å². The van der Waals surface area contributed by atoms with Crippen molar-refractivity contribution >= 4 is 5.78 Å². The molecule has 1 N–H and O–H groups in total. The van der Waals surface area contributed by atoms with Crippen molar-refractivity contribution in [2.24, 2.45) is 0 Å². The normalized spacial score (nSPS) is 29.1. The van der Waals surface area contributed by atoms with Gasteiger partial charge in [-0.2, -0.15) is 0 Å². The Labute approximate surface area is 96.1 Å². The van der Waals surface area contributed by atoms with Crippen LogP contribution in [0.3, 0.4) is 0 Å². The van der Waals surface area contributed by atoms with E-state index < -0.39 is 0 Å². The molecule has 84 valence electrons. The van der Waals surface area contributed by atoms with Gasteiger partial charge >= 0.3 is 0 Å². The van der Waals surface area contributed by atoms with Crippen LogP contribution in [0.1, 0.15) is 41.6 Å². The maximum atomic E-state index is 12.5. The van der Waals surface area contributed by atoms with Crippen molar-refractivity contribution in [1.82, 2.24) is 5.32 Å². The summed E-state index contributed by atoms with van der Waals surface area (Å²) in [6.07, 6.45) is 5.41. The summed E-state index contributed by atoms with van der Waals surface area (Å²) >= 11 is 0. The zero-order valence-corrected chi connectivity index (χ0v) is 9.46. The number of Topliss-reactive ketones (excluding diaryl/α,β-unsaturated/α-hetero) is 1. The molecule has 1 aromatic carbocycles. The van der Waals surface area contributed by atoms with Crippen LogP contribution >= 0.6 is 0 Å². The van der Waals surface area contributed by atoms with E-state index in [0.717, 1.165) is 31.4 Å². The first kappa shape index (κ1) is 10.0. The smallest absolute Gasteiger partial charge is 0.183 e. The highest BCUT2D eigenvalue weighted by atomic mass is 16.1. The van der Waals surface area contributed by atoms with E-state index in [1.165, 1.54) is 18.4 Å². The highest BCUT2D eigenvalue weighted by Crippen LogP contribution is 2.34. The van der Waals surface area contributed by atoms with Gasteiger partial charge in [0.2, 0.25) is 0 Å². The number of aryl methyl sites for hydroxylation is 1. The van der Waals surface area contributed by atoms with E-state index in [2.05, 4.69) is 11.4 Å². The van der Waals surface area contributed by atoms with E-state index in [0.29, 0.717) is 5.78 Å². The van der Waals surface area contributed by atoms with Gasteiger partial charge in [0, 0.05) is 5.56 Å². The Hall–Kier alpha value is -1.15. The fourth-order valence-corrected chi connectivity index (χ4v) is 3.05. The maximum absolute atomic E-state index is 12.5. The van der Waals surface area contributed by atoms with Gasteiger partial charge in [0.1, 0.15) is 0 Å². The second kappa shape index (κ2) is 3.70. The molecule has 1 aliphatic carbocycles. The largest absolute Gasteiger partial charge is 0.305 e. The highest BCUT2D eigenvalue weighted by Gasteiger charge is 2.42. The molecule has 1 spiro atoms. The minimum atomic E-state index is -0.230. The molecular formula is C14H17NO. The van der Waals surface area contributed by atoms with Crippen LogP contribution in [0.15, 0.2) is 24.3 Å². The number of carbonyl (C=O) groups is 1. The van der Waals surface area contributed by atoms with Crippen molar-refractivity contribution in [3.05, 3.63) is 35.4 Å². The number of carbonyl (C=O) groups excluding carboxylic acids is 1. The van der Waals surface area contributed by atoms with Gasteiger partial charge < -0.3 is 5.32 Å². The zero-order chi connectivity index (χ0) is 11.0.